The first-order valence-electron chi connectivity index (χ1n) is 13.3. The Balaban J connectivity index is 1.32. The number of benzene rings is 2. The lowest BCUT2D eigenvalue weighted by Gasteiger charge is -2.32. The Morgan fingerprint density at radius 3 is 2.59 bits per heavy atom. The molecule has 2 saturated heterocycles. The largest absolute Gasteiger partial charge is 0.477 e. The van der Waals surface area contributed by atoms with Gasteiger partial charge in [-0.05, 0) is 75.3 Å². The van der Waals surface area contributed by atoms with Gasteiger partial charge >= 0.3 is 0 Å². The van der Waals surface area contributed by atoms with Crippen LogP contribution in [0.25, 0.3) is 10.9 Å². The van der Waals surface area contributed by atoms with Gasteiger partial charge < -0.3 is 29.9 Å². The van der Waals surface area contributed by atoms with Gasteiger partial charge in [0.2, 0.25) is 17.7 Å². The van der Waals surface area contributed by atoms with E-state index in [2.05, 4.69) is 34.4 Å². The van der Waals surface area contributed by atoms with Gasteiger partial charge in [0, 0.05) is 31.9 Å². The van der Waals surface area contributed by atoms with Gasteiger partial charge in [-0.25, -0.2) is 4.98 Å². The second-order valence-corrected chi connectivity index (χ2v) is 9.76. The monoisotopic (exact) mass is 504 g/mol. The topological polar surface area (TPSA) is 91.8 Å². The smallest absolute Gasteiger partial charge is 0.241 e. The third-order valence-electron chi connectivity index (χ3n) is 6.88. The zero-order valence-electron chi connectivity index (χ0n) is 21.7. The molecule has 37 heavy (non-hydrogen) atoms. The molecule has 9 nitrogen and oxygen atoms in total. The van der Waals surface area contributed by atoms with Crippen molar-refractivity contribution < 1.29 is 14.3 Å². The normalized spacial score (nSPS) is 18.2. The average Bonchev–Trinajstić information content (AvgIpc) is 3.46. The fourth-order valence-electron chi connectivity index (χ4n) is 4.58. The molecule has 2 aliphatic rings. The van der Waals surface area contributed by atoms with E-state index >= 15 is 0 Å². The van der Waals surface area contributed by atoms with Crippen LogP contribution in [0.5, 0.6) is 17.4 Å². The van der Waals surface area contributed by atoms with Crippen LogP contribution in [0.15, 0.2) is 42.5 Å². The summed E-state index contributed by atoms with van der Waals surface area (Å²) in [4.78, 5) is 26.5. The molecule has 0 spiro atoms. The number of likely N-dealkylation sites (N-methyl/N-ethyl adjacent to an activating group) is 1. The molecular formula is C28H36N6O3. The van der Waals surface area contributed by atoms with Crippen LogP contribution in [-0.2, 0) is 4.79 Å². The molecule has 2 N–H and O–H groups in total. The van der Waals surface area contributed by atoms with Gasteiger partial charge in [0.05, 0.1) is 23.6 Å². The SMILES string of the molecule is CCCCOc1nc(N2CCN(C)CC2)nc2ccc(Oc3ccc(NC(=O)[C@@H]4CCCN4)cc3)cc12. The maximum Gasteiger partial charge on any atom is 0.241 e. The Morgan fingerprint density at radius 2 is 1.86 bits per heavy atom. The zero-order valence-corrected chi connectivity index (χ0v) is 21.7. The molecule has 2 aliphatic heterocycles. The third kappa shape index (κ3) is 6.29. The highest BCUT2D eigenvalue weighted by Gasteiger charge is 2.22. The summed E-state index contributed by atoms with van der Waals surface area (Å²) in [6.07, 6.45) is 3.92. The molecule has 9 heteroatoms. The predicted octanol–water partition coefficient (Wildman–Crippen LogP) is 4.04. The standard InChI is InChI=1S/C28H36N6O3/c1-3-4-18-36-27-23-19-22(11-12-24(23)31-28(32-27)34-16-14-33(2)15-17-34)37-21-9-7-20(8-10-21)30-26(35)25-6-5-13-29-25/h7-12,19,25,29H,3-6,13-18H2,1-2H3,(H,30,35)/t25-/m0/s1. The maximum absolute atomic E-state index is 12.3. The van der Waals surface area contributed by atoms with E-state index in [4.69, 9.17) is 19.4 Å². The molecule has 5 rings (SSSR count). The van der Waals surface area contributed by atoms with Crippen LogP contribution in [0, 0.1) is 0 Å². The van der Waals surface area contributed by atoms with Crippen molar-refractivity contribution in [2.45, 2.75) is 38.6 Å². The van der Waals surface area contributed by atoms with Gasteiger partial charge in [-0.15, -0.1) is 0 Å². The Labute approximate surface area is 218 Å². The second-order valence-electron chi connectivity index (χ2n) is 9.76. The molecular weight excluding hydrogens is 468 g/mol. The number of hydrogen-bond acceptors (Lipinski definition) is 8. The number of carbonyl (C=O) groups is 1. The molecule has 0 radical (unpaired) electrons. The number of rotatable bonds is 9. The number of amides is 1. The van der Waals surface area contributed by atoms with Crippen LogP contribution in [0.2, 0.25) is 0 Å². The van der Waals surface area contributed by atoms with Crippen molar-refractivity contribution in [2.75, 3.05) is 56.6 Å². The molecule has 0 saturated carbocycles. The number of unbranched alkanes of at least 4 members (excludes halogenated alkanes) is 1. The summed E-state index contributed by atoms with van der Waals surface area (Å²) < 4.78 is 12.3. The maximum atomic E-state index is 12.3. The van der Waals surface area contributed by atoms with E-state index in [1.54, 1.807) is 0 Å². The molecule has 1 amide bonds. The minimum Gasteiger partial charge on any atom is -0.477 e. The van der Waals surface area contributed by atoms with Crippen molar-refractivity contribution in [1.82, 2.24) is 20.2 Å². The number of anilines is 2. The van der Waals surface area contributed by atoms with Crippen LogP contribution in [0.1, 0.15) is 32.6 Å². The van der Waals surface area contributed by atoms with Crippen molar-refractivity contribution in [1.29, 1.82) is 0 Å². The number of fused-ring (bicyclic) bond motifs is 1. The minimum absolute atomic E-state index is 0.00671. The molecule has 0 unspecified atom stereocenters. The lowest BCUT2D eigenvalue weighted by atomic mass is 10.2. The second kappa shape index (κ2) is 11.7. The number of nitrogens with zero attached hydrogens (tertiary/aromatic N) is 4. The summed E-state index contributed by atoms with van der Waals surface area (Å²) in [7, 11) is 2.14. The third-order valence-corrected chi connectivity index (χ3v) is 6.88. The molecule has 0 bridgehead atoms. The van der Waals surface area contributed by atoms with Crippen LogP contribution in [-0.4, -0.2) is 73.2 Å². The number of ether oxygens (including phenoxy) is 2. The van der Waals surface area contributed by atoms with Gasteiger partial charge in [0.25, 0.3) is 0 Å². The van der Waals surface area contributed by atoms with Gasteiger partial charge in [-0.2, -0.15) is 4.98 Å². The molecule has 2 aromatic carbocycles. The van der Waals surface area contributed by atoms with Crippen LogP contribution >= 0.6 is 0 Å². The van der Waals surface area contributed by atoms with E-state index in [1.165, 1.54) is 0 Å². The first kappa shape index (κ1) is 25.2. The highest BCUT2D eigenvalue weighted by atomic mass is 16.5. The average molecular weight is 505 g/mol. The van der Waals surface area contributed by atoms with Crippen LogP contribution in [0.4, 0.5) is 11.6 Å². The van der Waals surface area contributed by atoms with E-state index in [0.717, 1.165) is 75.0 Å². The number of hydrogen-bond donors (Lipinski definition) is 2. The zero-order chi connectivity index (χ0) is 25.6. The van der Waals surface area contributed by atoms with E-state index < -0.39 is 0 Å². The summed E-state index contributed by atoms with van der Waals surface area (Å²) >= 11 is 0. The number of carbonyl (C=O) groups excluding carboxylic acids is 1. The first-order valence-corrected chi connectivity index (χ1v) is 13.3. The molecule has 196 valence electrons. The van der Waals surface area contributed by atoms with E-state index in [9.17, 15) is 4.79 Å². The fourth-order valence-corrected chi connectivity index (χ4v) is 4.58. The molecule has 3 heterocycles. The summed E-state index contributed by atoms with van der Waals surface area (Å²) in [5.74, 6) is 2.67. The Kier molecular flexibility index (Phi) is 8.01. The van der Waals surface area contributed by atoms with Crippen molar-refractivity contribution >= 4 is 28.4 Å². The van der Waals surface area contributed by atoms with Crippen molar-refractivity contribution in [3.05, 3.63) is 42.5 Å². The molecule has 1 aromatic heterocycles. The Morgan fingerprint density at radius 1 is 1.08 bits per heavy atom. The quantitative estimate of drug-likeness (QED) is 0.422. The Bertz CT molecular complexity index is 1200. The summed E-state index contributed by atoms with van der Waals surface area (Å²) in [6.45, 7) is 7.41. The van der Waals surface area contributed by atoms with Gasteiger partial charge in [-0.1, -0.05) is 13.3 Å². The molecule has 3 aromatic rings. The number of aromatic nitrogens is 2. The van der Waals surface area contributed by atoms with Gasteiger partial charge in [0.15, 0.2) is 0 Å². The fraction of sp³-hybridized carbons (Fsp3) is 0.464. The van der Waals surface area contributed by atoms with E-state index in [1.807, 2.05) is 42.5 Å². The predicted molar refractivity (Wildman–Crippen MR) is 146 cm³/mol. The minimum atomic E-state index is -0.110. The molecule has 2 fully saturated rings. The summed E-state index contributed by atoms with van der Waals surface area (Å²) in [5.41, 5.74) is 1.59. The highest BCUT2D eigenvalue weighted by Crippen LogP contribution is 2.32. The molecule has 0 aliphatic carbocycles. The van der Waals surface area contributed by atoms with Crippen LogP contribution < -0.4 is 25.0 Å². The lowest BCUT2D eigenvalue weighted by Crippen LogP contribution is -2.45. The lowest BCUT2D eigenvalue weighted by molar-refractivity contribution is -0.117. The first-order chi connectivity index (χ1) is 18.1. The van der Waals surface area contributed by atoms with Gasteiger partial charge in [0.1, 0.15) is 11.5 Å². The summed E-state index contributed by atoms with van der Waals surface area (Å²) in [5, 5.41) is 7.02. The van der Waals surface area contributed by atoms with Gasteiger partial charge in [-0.3, -0.25) is 4.79 Å². The number of nitrogens with one attached hydrogen (secondary N) is 2. The Hall–Kier alpha value is -3.43. The van der Waals surface area contributed by atoms with E-state index in [-0.39, 0.29) is 11.9 Å². The summed E-state index contributed by atoms with van der Waals surface area (Å²) in [6, 6.07) is 13.1. The van der Waals surface area contributed by atoms with Crippen LogP contribution in [0.3, 0.4) is 0 Å². The highest BCUT2D eigenvalue weighted by molar-refractivity contribution is 5.95. The van der Waals surface area contributed by atoms with Crippen molar-refractivity contribution in [3.63, 3.8) is 0 Å². The van der Waals surface area contributed by atoms with E-state index in [0.29, 0.717) is 29.9 Å². The van der Waals surface area contributed by atoms with Crippen molar-refractivity contribution in [2.24, 2.45) is 0 Å². The van der Waals surface area contributed by atoms with Crippen molar-refractivity contribution in [3.8, 4) is 17.4 Å². The number of piperazine rings is 1. The molecule has 1 atom stereocenters.